The molecule has 3 atom stereocenters. The number of hydrogen-bond acceptors (Lipinski definition) is 6. The lowest BCUT2D eigenvalue weighted by atomic mass is 9.77. The molecule has 2 aromatic heterocycles. The van der Waals surface area contributed by atoms with Crippen molar-refractivity contribution in [3.8, 4) is 0 Å². The molecule has 0 spiro atoms. The first-order valence-corrected chi connectivity index (χ1v) is 8.46. The van der Waals surface area contributed by atoms with E-state index in [0.29, 0.717) is 31.1 Å². The van der Waals surface area contributed by atoms with Crippen molar-refractivity contribution in [1.82, 2.24) is 25.2 Å². The van der Waals surface area contributed by atoms with E-state index in [4.69, 9.17) is 5.73 Å². The number of pyridine rings is 1. The van der Waals surface area contributed by atoms with E-state index in [2.05, 4.69) is 27.2 Å². The molecule has 0 aliphatic carbocycles. The normalized spacial score (nSPS) is 30.9. The van der Waals surface area contributed by atoms with Gasteiger partial charge in [0.15, 0.2) is 5.65 Å². The van der Waals surface area contributed by atoms with Gasteiger partial charge in [0.1, 0.15) is 5.52 Å². The topological polar surface area (TPSA) is 97.0 Å². The first kappa shape index (κ1) is 15.4. The molecule has 126 valence electrons. The summed E-state index contributed by atoms with van der Waals surface area (Å²) in [6.07, 6.45) is 6.66. The first-order chi connectivity index (χ1) is 11.6. The molecule has 2 aromatic rings. The Labute approximate surface area is 140 Å². The number of nitrogens with one attached hydrogen (secondary N) is 1. The van der Waals surface area contributed by atoms with Gasteiger partial charge in [-0.05, 0) is 31.4 Å². The molecule has 2 aliphatic rings. The lowest BCUT2D eigenvalue weighted by Gasteiger charge is -2.47. The molecule has 4 heterocycles. The highest BCUT2D eigenvalue weighted by Crippen LogP contribution is 2.41. The third kappa shape index (κ3) is 2.27. The van der Waals surface area contributed by atoms with Crippen LogP contribution < -0.4 is 11.1 Å². The van der Waals surface area contributed by atoms with Gasteiger partial charge in [0.25, 0.3) is 0 Å². The summed E-state index contributed by atoms with van der Waals surface area (Å²) in [5.74, 6) is 0.475. The van der Waals surface area contributed by atoms with Gasteiger partial charge >= 0.3 is 0 Å². The summed E-state index contributed by atoms with van der Waals surface area (Å²) in [4.78, 5) is 27.9. The van der Waals surface area contributed by atoms with Crippen molar-refractivity contribution in [2.45, 2.75) is 31.3 Å². The number of carbonyl (C=O) groups is 1. The van der Waals surface area contributed by atoms with Crippen LogP contribution in [0.3, 0.4) is 0 Å². The van der Waals surface area contributed by atoms with Gasteiger partial charge < -0.3 is 16.0 Å². The van der Waals surface area contributed by atoms with Crippen LogP contribution in [0.15, 0.2) is 24.7 Å². The summed E-state index contributed by atoms with van der Waals surface area (Å²) >= 11 is 0. The van der Waals surface area contributed by atoms with Crippen LogP contribution in [0.1, 0.15) is 25.3 Å². The molecule has 2 aliphatic heterocycles. The maximum Gasteiger partial charge on any atom is 0.240 e. The number of hydrogen-bond donors (Lipinski definition) is 2. The number of nitrogens with zero attached hydrogens (tertiary/aromatic N) is 4. The summed E-state index contributed by atoms with van der Waals surface area (Å²) in [5.41, 5.74) is 7.96. The average Bonchev–Trinajstić information content (AvgIpc) is 2.94. The van der Waals surface area contributed by atoms with Crippen LogP contribution >= 0.6 is 0 Å². The third-order valence-corrected chi connectivity index (χ3v) is 5.23. The van der Waals surface area contributed by atoms with Gasteiger partial charge in [-0.25, -0.2) is 9.97 Å². The number of piperidine rings is 1. The highest BCUT2D eigenvalue weighted by atomic mass is 16.2. The fourth-order valence-electron chi connectivity index (χ4n) is 4.18. The second kappa shape index (κ2) is 5.75. The summed E-state index contributed by atoms with van der Waals surface area (Å²) in [6, 6.07) is 1.58. The smallest absolute Gasteiger partial charge is 0.240 e. The zero-order valence-corrected chi connectivity index (χ0v) is 13.8. The van der Waals surface area contributed by atoms with Gasteiger partial charge in [-0.2, -0.15) is 0 Å². The standard InChI is InChI=1S/C17H22N6O/c1-11-8-17(10-19-9-11,23-7-3-13(18)16(23)24)12-2-4-21-15-14(12)20-5-6-22-15/h2,4-6,11,13,19H,3,7-10,18H2,1H3/t11-,13+,17-/m0/s1. The monoisotopic (exact) mass is 326 g/mol. The Balaban J connectivity index is 1.91. The van der Waals surface area contributed by atoms with E-state index in [9.17, 15) is 4.79 Å². The zero-order valence-electron chi connectivity index (χ0n) is 13.8. The van der Waals surface area contributed by atoms with Crippen LogP contribution in [0.25, 0.3) is 11.2 Å². The van der Waals surface area contributed by atoms with Crippen molar-refractivity contribution < 1.29 is 4.79 Å². The summed E-state index contributed by atoms with van der Waals surface area (Å²) in [6.45, 7) is 4.53. The number of likely N-dealkylation sites (tertiary alicyclic amines) is 1. The van der Waals surface area contributed by atoms with Gasteiger partial charge in [0, 0.05) is 37.2 Å². The second-order valence-corrected chi connectivity index (χ2v) is 6.94. The van der Waals surface area contributed by atoms with Gasteiger partial charge in [-0.3, -0.25) is 9.78 Å². The van der Waals surface area contributed by atoms with Crippen LogP contribution in [-0.4, -0.2) is 51.4 Å². The number of nitrogens with two attached hydrogens (primary N) is 1. The van der Waals surface area contributed by atoms with Crippen molar-refractivity contribution in [1.29, 1.82) is 0 Å². The Bertz CT molecular complexity index is 775. The van der Waals surface area contributed by atoms with Crippen molar-refractivity contribution in [2.75, 3.05) is 19.6 Å². The van der Waals surface area contributed by atoms with E-state index >= 15 is 0 Å². The van der Waals surface area contributed by atoms with Crippen LogP contribution in [0.4, 0.5) is 0 Å². The molecule has 3 N–H and O–H groups in total. The number of rotatable bonds is 2. The lowest BCUT2D eigenvalue weighted by molar-refractivity contribution is -0.136. The van der Waals surface area contributed by atoms with E-state index in [-0.39, 0.29) is 5.91 Å². The molecule has 0 unspecified atom stereocenters. The molecule has 2 saturated heterocycles. The van der Waals surface area contributed by atoms with E-state index < -0.39 is 11.6 Å². The quantitative estimate of drug-likeness (QED) is 0.830. The molecular formula is C17H22N6O. The minimum atomic E-state index is -0.444. The Hall–Kier alpha value is -2.12. The molecule has 2 fully saturated rings. The van der Waals surface area contributed by atoms with Crippen molar-refractivity contribution in [2.24, 2.45) is 11.7 Å². The van der Waals surface area contributed by atoms with Gasteiger partial charge in [0.2, 0.25) is 5.91 Å². The summed E-state index contributed by atoms with van der Waals surface area (Å²) in [5, 5.41) is 3.50. The Morgan fingerprint density at radius 2 is 2.08 bits per heavy atom. The highest BCUT2D eigenvalue weighted by Gasteiger charge is 2.48. The summed E-state index contributed by atoms with van der Waals surface area (Å²) < 4.78 is 0. The predicted molar refractivity (Wildman–Crippen MR) is 90.0 cm³/mol. The van der Waals surface area contributed by atoms with Crippen LogP contribution in [-0.2, 0) is 10.3 Å². The zero-order chi connectivity index (χ0) is 16.7. The van der Waals surface area contributed by atoms with E-state index in [0.717, 1.165) is 24.0 Å². The van der Waals surface area contributed by atoms with E-state index in [1.54, 1.807) is 18.6 Å². The van der Waals surface area contributed by atoms with Crippen molar-refractivity contribution in [3.63, 3.8) is 0 Å². The maximum absolute atomic E-state index is 12.7. The SMILES string of the molecule is C[C@@H]1CNC[C@@](c2ccnc3nccnc23)(N2CC[C@@H](N)C2=O)C1. The molecular weight excluding hydrogens is 304 g/mol. The molecule has 0 aromatic carbocycles. The first-order valence-electron chi connectivity index (χ1n) is 8.46. The lowest BCUT2D eigenvalue weighted by Crippen LogP contribution is -2.58. The number of aromatic nitrogens is 3. The molecule has 1 amide bonds. The molecule has 0 saturated carbocycles. The maximum atomic E-state index is 12.7. The number of fused-ring (bicyclic) bond motifs is 1. The Morgan fingerprint density at radius 1 is 1.29 bits per heavy atom. The van der Waals surface area contributed by atoms with Gasteiger partial charge in [0.05, 0.1) is 11.6 Å². The minimum Gasteiger partial charge on any atom is -0.330 e. The van der Waals surface area contributed by atoms with Crippen LogP contribution in [0.2, 0.25) is 0 Å². The highest BCUT2D eigenvalue weighted by molar-refractivity contribution is 5.86. The van der Waals surface area contributed by atoms with Crippen LogP contribution in [0, 0.1) is 5.92 Å². The van der Waals surface area contributed by atoms with Crippen molar-refractivity contribution >= 4 is 17.1 Å². The predicted octanol–water partition coefficient (Wildman–Crippen LogP) is 0.409. The Kier molecular flexibility index (Phi) is 3.69. The van der Waals surface area contributed by atoms with E-state index in [1.807, 2.05) is 11.0 Å². The van der Waals surface area contributed by atoms with Crippen molar-refractivity contribution in [3.05, 3.63) is 30.2 Å². The molecule has 4 rings (SSSR count). The van der Waals surface area contributed by atoms with Gasteiger partial charge in [-0.15, -0.1) is 0 Å². The minimum absolute atomic E-state index is 0.0275. The fraction of sp³-hybridized carbons (Fsp3) is 0.529. The Morgan fingerprint density at radius 3 is 2.83 bits per heavy atom. The third-order valence-electron chi connectivity index (χ3n) is 5.23. The molecule has 7 heteroatoms. The molecule has 7 nitrogen and oxygen atoms in total. The average molecular weight is 326 g/mol. The summed E-state index contributed by atoms with van der Waals surface area (Å²) in [7, 11) is 0. The second-order valence-electron chi connectivity index (χ2n) is 6.94. The largest absolute Gasteiger partial charge is 0.330 e. The molecule has 24 heavy (non-hydrogen) atoms. The molecule has 0 radical (unpaired) electrons. The number of amides is 1. The van der Waals surface area contributed by atoms with E-state index in [1.165, 1.54) is 0 Å². The number of carbonyl (C=O) groups excluding carboxylic acids is 1. The fourth-order valence-corrected chi connectivity index (χ4v) is 4.18. The van der Waals surface area contributed by atoms with Gasteiger partial charge in [-0.1, -0.05) is 6.92 Å². The molecule has 0 bridgehead atoms. The van der Waals surface area contributed by atoms with Crippen LogP contribution in [0.5, 0.6) is 0 Å².